The summed E-state index contributed by atoms with van der Waals surface area (Å²) in [5.41, 5.74) is 0. The van der Waals surface area contributed by atoms with Crippen LogP contribution < -0.4 is 0 Å². The number of hydrogen-bond donors (Lipinski definition) is 0. The van der Waals surface area contributed by atoms with Gasteiger partial charge in [0.25, 0.3) is 0 Å². The van der Waals surface area contributed by atoms with Crippen LogP contribution in [0.1, 0.15) is 0 Å². The van der Waals surface area contributed by atoms with Gasteiger partial charge in [-0.1, -0.05) is 0 Å². The second kappa shape index (κ2) is 71.2. The summed E-state index contributed by atoms with van der Waals surface area (Å²) >= 11 is 0. The van der Waals surface area contributed by atoms with Gasteiger partial charge in [-0.25, -0.2) is 0 Å². The van der Waals surface area contributed by atoms with Gasteiger partial charge >= 0.3 is 86.2 Å². The molecule has 0 spiro atoms. The Morgan fingerprint density at radius 2 is 0.571 bits per heavy atom. The fourth-order valence-corrected chi connectivity index (χ4v) is 0. The van der Waals surface area contributed by atoms with E-state index in [9.17, 15) is 0 Å². The van der Waals surface area contributed by atoms with Crippen molar-refractivity contribution in [1.82, 2.24) is 0 Å². The van der Waals surface area contributed by atoms with Crippen molar-refractivity contribution in [2.75, 3.05) is 0 Å². The van der Waals surface area contributed by atoms with Crippen LogP contribution in [0, 0.1) is 40.8 Å². The SMILES string of the molecule is [In+3].[Nd+3].[O-2].[O-2].[O-2].[O-2].[Zn+2]. The van der Waals surface area contributed by atoms with Crippen LogP contribution in [0.3, 0.4) is 0 Å². The third kappa shape index (κ3) is 53.9. The molecule has 0 aliphatic carbocycles. The topological polar surface area (TPSA) is 114 Å². The first kappa shape index (κ1) is 101. The van der Waals surface area contributed by atoms with Crippen molar-refractivity contribution in [2.45, 2.75) is 0 Å². The van der Waals surface area contributed by atoms with E-state index in [0.717, 1.165) is 0 Å². The average Bonchev–Trinajstić information content (AvgIpc) is 0. The molecule has 0 aliphatic heterocycles. The maximum Gasteiger partial charge on any atom is 3.00 e. The van der Waals surface area contributed by atoms with E-state index < -0.39 is 0 Å². The average molecular weight is 388 g/mol. The molecule has 0 aliphatic rings. The minimum absolute atomic E-state index is 0. The van der Waals surface area contributed by atoms with Gasteiger partial charge in [-0.3, -0.25) is 0 Å². The van der Waals surface area contributed by atoms with Crippen LogP contribution in [-0.4, -0.2) is 25.8 Å². The van der Waals surface area contributed by atoms with Gasteiger partial charge in [0, 0.05) is 0 Å². The molecule has 0 atom stereocenters. The molecule has 0 saturated heterocycles. The van der Waals surface area contributed by atoms with E-state index >= 15 is 0 Å². The van der Waals surface area contributed by atoms with Crippen LogP contribution in [0.5, 0.6) is 0 Å². The minimum Gasteiger partial charge on any atom is -2.00 e. The molecule has 0 bridgehead atoms. The van der Waals surface area contributed by atoms with Crippen molar-refractivity contribution in [2.24, 2.45) is 0 Å². The summed E-state index contributed by atoms with van der Waals surface area (Å²) in [6.45, 7) is 0. The van der Waals surface area contributed by atoms with Crippen molar-refractivity contribution < 1.29 is 82.2 Å². The third-order valence-electron chi connectivity index (χ3n) is 0. The molecule has 0 fully saturated rings. The molecular weight excluding hydrogens is 388 g/mol. The van der Waals surface area contributed by atoms with Gasteiger partial charge in [0.05, 0.1) is 0 Å². The first-order valence-corrected chi connectivity index (χ1v) is 0. The van der Waals surface area contributed by atoms with Crippen LogP contribution in [-0.2, 0) is 41.4 Å². The molecule has 7 heteroatoms. The van der Waals surface area contributed by atoms with E-state index in [2.05, 4.69) is 0 Å². The van der Waals surface area contributed by atoms with Crippen molar-refractivity contribution in [3.05, 3.63) is 0 Å². The van der Waals surface area contributed by atoms with E-state index in [1.807, 2.05) is 0 Å². The Hall–Kier alpha value is 2.68. The molecular formula is InNdO4Zn. The molecule has 0 amide bonds. The first-order valence-electron chi connectivity index (χ1n) is 0. The van der Waals surface area contributed by atoms with Gasteiger partial charge in [-0.05, 0) is 0 Å². The standard InChI is InChI=1S/In.Nd.4O.Zn/q2*+3;4*-2;+2. The zero-order valence-corrected chi connectivity index (χ0v) is 12.9. The maximum absolute atomic E-state index is 0. The molecule has 0 rings (SSSR count). The van der Waals surface area contributed by atoms with Crippen LogP contribution >= 0.6 is 0 Å². The summed E-state index contributed by atoms with van der Waals surface area (Å²) in [7, 11) is 0. The molecule has 0 aromatic heterocycles. The molecule has 0 aromatic rings. The second-order valence-corrected chi connectivity index (χ2v) is 0. The first-order chi connectivity index (χ1) is 0. The number of rotatable bonds is 0. The molecule has 0 heterocycles. The van der Waals surface area contributed by atoms with Gasteiger partial charge in [-0.2, -0.15) is 0 Å². The van der Waals surface area contributed by atoms with Gasteiger partial charge in [0.2, 0.25) is 0 Å². The van der Waals surface area contributed by atoms with Crippen molar-refractivity contribution in [3.63, 3.8) is 0 Å². The molecule has 33 valence electrons. The fraction of sp³-hybridized carbons (Fsp3) is 0. The molecule has 0 N–H and O–H groups in total. The summed E-state index contributed by atoms with van der Waals surface area (Å²) in [5.74, 6) is 0. The predicted molar refractivity (Wildman–Crippen MR) is 8.50 cm³/mol. The van der Waals surface area contributed by atoms with Gasteiger partial charge in [0.1, 0.15) is 0 Å². The summed E-state index contributed by atoms with van der Waals surface area (Å²) in [5, 5.41) is 0. The van der Waals surface area contributed by atoms with Gasteiger partial charge in [0.15, 0.2) is 0 Å². The summed E-state index contributed by atoms with van der Waals surface area (Å²) in [6.07, 6.45) is 0. The molecule has 0 unspecified atom stereocenters. The normalized spacial score (nSPS) is 0. The monoisotopic (exact) mass is 385 g/mol. The van der Waals surface area contributed by atoms with E-state index in [0.29, 0.717) is 0 Å². The summed E-state index contributed by atoms with van der Waals surface area (Å²) < 4.78 is 0. The zero-order chi connectivity index (χ0) is 0. The van der Waals surface area contributed by atoms with E-state index in [1.165, 1.54) is 0 Å². The van der Waals surface area contributed by atoms with Gasteiger partial charge in [-0.15, -0.1) is 0 Å². The van der Waals surface area contributed by atoms with Crippen LogP contribution in [0.2, 0.25) is 0 Å². The second-order valence-electron chi connectivity index (χ2n) is 0. The predicted octanol–water partition coefficient (Wildman–Crippen LogP) is -0.859. The molecule has 1 radical (unpaired) electrons. The quantitative estimate of drug-likeness (QED) is 0.481. The van der Waals surface area contributed by atoms with Crippen molar-refractivity contribution in [3.8, 4) is 0 Å². The van der Waals surface area contributed by atoms with Crippen LogP contribution in [0.25, 0.3) is 0 Å². The van der Waals surface area contributed by atoms with Crippen molar-refractivity contribution >= 4 is 25.8 Å². The Kier molecular flexibility index (Phi) is 1030. The maximum atomic E-state index is 0. The Morgan fingerprint density at radius 3 is 0.571 bits per heavy atom. The zero-order valence-electron chi connectivity index (χ0n) is 3.42. The minimum atomic E-state index is 0. The van der Waals surface area contributed by atoms with E-state index in [4.69, 9.17) is 0 Å². The Morgan fingerprint density at radius 1 is 0.571 bits per heavy atom. The molecule has 4 nitrogen and oxygen atoms in total. The number of hydrogen-bond acceptors (Lipinski definition) is 0. The summed E-state index contributed by atoms with van der Waals surface area (Å²) in [4.78, 5) is 0. The van der Waals surface area contributed by atoms with Gasteiger partial charge < -0.3 is 21.9 Å². The molecule has 0 saturated carbocycles. The molecule has 7 heavy (non-hydrogen) atoms. The van der Waals surface area contributed by atoms with Crippen LogP contribution in [0.4, 0.5) is 0 Å². The fourth-order valence-electron chi connectivity index (χ4n) is 0. The summed E-state index contributed by atoms with van der Waals surface area (Å²) in [6, 6.07) is 0. The van der Waals surface area contributed by atoms with E-state index in [-0.39, 0.29) is 108 Å². The third-order valence-corrected chi connectivity index (χ3v) is 0. The molecule has 0 aromatic carbocycles. The largest absolute Gasteiger partial charge is 3.00 e. The van der Waals surface area contributed by atoms with Crippen molar-refractivity contribution in [1.29, 1.82) is 0 Å². The smallest absolute Gasteiger partial charge is 2.00 e. The Balaban J connectivity index is 0. The Bertz CT molecular complexity index is 11.7. The van der Waals surface area contributed by atoms with E-state index in [1.54, 1.807) is 0 Å². The van der Waals surface area contributed by atoms with Crippen LogP contribution in [0.15, 0.2) is 0 Å². The Labute approximate surface area is 106 Å².